The lowest BCUT2D eigenvalue weighted by atomic mass is 10.0. The molecule has 0 spiro atoms. The number of aryl methyl sites for hydroxylation is 1. The molecule has 1 heterocycles. The van der Waals surface area contributed by atoms with Gasteiger partial charge in [0.2, 0.25) is 0 Å². The number of hydrogen-bond acceptors (Lipinski definition) is 5. The van der Waals surface area contributed by atoms with Crippen LogP contribution in [0.2, 0.25) is 0 Å². The summed E-state index contributed by atoms with van der Waals surface area (Å²) >= 11 is 0. The molecule has 0 aliphatic carbocycles. The fraction of sp³-hybridized carbons (Fsp3) is 0.227. The van der Waals surface area contributed by atoms with Gasteiger partial charge in [-0.25, -0.2) is 0 Å². The molecule has 148 valence electrons. The average molecular weight is 381 g/mol. The largest absolute Gasteiger partial charge is 0.497 e. The molecule has 0 unspecified atom stereocenters. The first-order valence-electron chi connectivity index (χ1n) is 9.12. The van der Waals surface area contributed by atoms with Crippen LogP contribution in [0, 0.1) is 0 Å². The minimum atomic E-state index is -0.0993. The topological polar surface area (TPSA) is 78.5 Å². The molecule has 0 aliphatic heterocycles. The van der Waals surface area contributed by atoms with E-state index in [2.05, 4.69) is 5.32 Å². The van der Waals surface area contributed by atoms with Gasteiger partial charge in [-0.15, -0.1) is 0 Å². The van der Waals surface area contributed by atoms with Crippen LogP contribution < -0.4 is 26.1 Å². The Morgan fingerprint density at radius 2 is 1.64 bits per heavy atom. The summed E-state index contributed by atoms with van der Waals surface area (Å²) in [4.78, 5) is 12.1. The van der Waals surface area contributed by atoms with Gasteiger partial charge in [0.15, 0.2) is 0 Å². The number of ether oxygens (including phenoxy) is 2. The average Bonchev–Trinajstić information content (AvgIpc) is 2.73. The lowest BCUT2D eigenvalue weighted by molar-refractivity contribution is 0.413. The molecule has 28 heavy (non-hydrogen) atoms. The molecule has 3 aromatic rings. The van der Waals surface area contributed by atoms with Crippen molar-refractivity contribution >= 4 is 11.4 Å². The summed E-state index contributed by atoms with van der Waals surface area (Å²) in [6.07, 6.45) is 1.76. The molecule has 0 aliphatic rings. The molecule has 6 heteroatoms. The highest BCUT2D eigenvalue weighted by molar-refractivity contribution is 5.76. The highest BCUT2D eigenvalue weighted by Crippen LogP contribution is 2.35. The summed E-state index contributed by atoms with van der Waals surface area (Å²) in [5, 5.41) is 2.92. The highest BCUT2D eigenvalue weighted by atomic mass is 16.5. The number of rotatable bonds is 5. The highest BCUT2D eigenvalue weighted by Gasteiger charge is 2.12. The SMILES string of the molecule is CC.CNc1cc(-c2cc(N)ccc2Oc2ccc(OC)cc2)cn(C)c1=O. The third-order valence-electron chi connectivity index (χ3n) is 4.05. The molecule has 6 nitrogen and oxygen atoms in total. The van der Waals surface area contributed by atoms with Crippen molar-refractivity contribution in [1.82, 2.24) is 4.57 Å². The minimum Gasteiger partial charge on any atom is -0.497 e. The normalized spacial score (nSPS) is 9.89. The molecule has 0 bridgehead atoms. The number of aromatic nitrogens is 1. The van der Waals surface area contributed by atoms with E-state index in [1.165, 1.54) is 4.57 Å². The van der Waals surface area contributed by atoms with Gasteiger partial charge in [0.1, 0.15) is 22.9 Å². The van der Waals surface area contributed by atoms with Crippen LogP contribution in [-0.2, 0) is 7.05 Å². The lowest BCUT2D eigenvalue weighted by Gasteiger charge is -2.14. The summed E-state index contributed by atoms with van der Waals surface area (Å²) in [6, 6.07) is 14.5. The number of hydrogen-bond donors (Lipinski definition) is 2. The van der Waals surface area contributed by atoms with Crippen molar-refractivity contribution in [2.24, 2.45) is 7.05 Å². The zero-order valence-electron chi connectivity index (χ0n) is 16.9. The van der Waals surface area contributed by atoms with Gasteiger partial charge in [-0.1, -0.05) is 13.8 Å². The van der Waals surface area contributed by atoms with E-state index in [-0.39, 0.29) is 5.56 Å². The molecule has 0 atom stereocenters. The summed E-state index contributed by atoms with van der Waals surface area (Å²) in [7, 11) is 5.05. The molecule has 0 saturated carbocycles. The predicted molar refractivity (Wildman–Crippen MR) is 115 cm³/mol. The Hall–Kier alpha value is -3.41. The van der Waals surface area contributed by atoms with Crippen molar-refractivity contribution < 1.29 is 9.47 Å². The number of benzene rings is 2. The number of anilines is 2. The van der Waals surface area contributed by atoms with E-state index in [0.717, 1.165) is 16.9 Å². The van der Waals surface area contributed by atoms with E-state index in [4.69, 9.17) is 15.2 Å². The maximum atomic E-state index is 12.1. The molecule has 0 saturated heterocycles. The van der Waals surface area contributed by atoms with Gasteiger partial charge in [0.05, 0.1) is 7.11 Å². The van der Waals surface area contributed by atoms with Crippen molar-refractivity contribution in [3.63, 3.8) is 0 Å². The van der Waals surface area contributed by atoms with Crippen LogP contribution in [0.1, 0.15) is 13.8 Å². The molecular formula is C22H27N3O3. The number of pyridine rings is 1. The second-order valence-corrected chi connectivity index (χ2v) is 5.84. The molecule has 0 radical (unpaired) electrons. The van der Waals surface area contributed by atoms with Crippen LogP contribution in [0.5, 0.6) is 17.2 Å². The molecule has 0 amide bonds. The quantitative estimate of drug-likeness (QED) is 0.636. The number of nitrogens with zero attached hydrogens (tertiary/aromatic N) is 1. The van der Waals surface area contributed by atoms with E-state index >= 15 is 0 Å². The number of nitrogens with one attached hydrogen (secondary N) is 1. The Balaban J connectivity index is 0.00000136. The Morgan fingerprint density at radius 1 is 1.00 bits per heavy atom. The second-order valence-electron chi connectivity index (χ2n) is 5.84. The van der Waals surface area contributed by atoms with Gasteiger partial charge in [0.25, 0.3) is 5.56 Å². The summed E-state index contributed by atoms with van der Waals surface area (Å²) in [5.74, 6) is 2.08. The van der Waals surface area contributed by atoms with Crippen LogP contribution in [0.15, 0.2) is 59.5 Å². The standard InChI is InChI=1S/C20H21N3O3.C2H6/c1-22-18-10-13(12-23(2)20(18)24)17-11-14(21)4-9-19(17)26-16-7-5-15(25-3)6-8-16;1-2/h4-12,22H,21H2,1-3H3;1-2H3. The van der Waals surface area contributed by atoms with E-state index in [0.29, 0.717) is 22.9 Å². The first kappa shape index (κ1) is 20.9. The maximum absolute atomic E-state index is 12.1. The van der Waals surface area contributed by atoms with E-state index in [1.54, 1.807) is 39.5 Å². The fourth-order valence-electron chi connectivity index (χ4n) is 2.67. The zero-order valence-corrected chi connectivity index (χ0v) is 16.9. The molecule has 3 N–H and O–H groups in total. The zero-order chi connectivity index (χ0) is 20.7. The van der Waals surface area contributed by atoms with Crippen molar-refractivity contribution in [3.8, 4) is 28.4 Å². The molecular weight excluding hydrogens is 354 g/mol. The van der Waals surface area contributed by atoms with Crippen molar-refractivity contribution in [3.05, 3.63) is 65.1 Å². The fourth-order valence-corrected chi connectivity index (χ4v) is 2.67. The van der Waals surface area contributed by atoms with Crippen molar-refractivity contribution in [2.75, 3.05) is 25.2 Å². The maximum Gasteiger partial charge on any atom is 0.273 e. The predicted octanol–water partition coefficient (Wildman–Crippen LogP) is 4.50. The van der Waals surface area contributed by atoms with Gasteiger partial charge in [-0.2, -0.15) is 0 Å². The third-order valence-corrected chi connectivity index (χ3v) is 4.05. The lowest BCUT2D eigenvalue weighted by Crippen LogP contribution is -2.19. The third kappa shape index (κ3) is 4.65. The smallest absolute Gasteiger partial charge is 0.273 e. The number of nitrogens with two attached hydrogens (primary N) is 1. The molecule has 0 fully saturated rings. The van der Waals surface area contributed by atoms with Crippen LogP contribution in [0.4, 0.5) is 11.4 Å². The van der Waals surface area contributed by atoms with Crippen LogP contribution in [-0.4, -0.2) is 18.7 Å². The van der Waals surface area contributed by atoms with Gasteiger partial charge in [-0.3, -0.25) is 4.79 Å². The Labute approximate surface area is 165 Å². The van der Waals surface area contributed by atoms with E-state index < -0.39 is 0 Å². The Morgan fingerprint density at radius 3 is 2.25 bits per heavy atom. The monoisotopic (exact) mass is 381 g/mol. The molecule has 1 aromatic heterocycles. The van der Waals surface area contributed by atoms with E-state index in [9.17, 15) is 4.79 Å². The summed E-state index contributed by atoms with van der Waals surface area (Å²) in [5.41, 5.74) is 8.62. The van der Waals surface area contributed by atoms with Gasteiger partial charge >= 0.3 is 0 Å². The van der Waals surface area contributed by atoms with Crippen LogP contribution in [0.3, 0.4) is 0 Å². The first-order valence-corrected chi connectivity index (χ1v) is 9.12. The summed E-state index contributed by atoms with van der Waals surface area (Å²) in [6.45, 7) is 4.00. The van der Waals surface area contributed by atoms with Gasteiger partial charge in [-0.05, 0) is 48.5 Å². The minimum absolute atomic E-state index is 0.0993. The van der Waals surface area contributed by atoms with Gasteiger partial charge in [0, 0.05) is 37.1 Å². The summed E-state index contributed by atoms with van der Waals surface area (Å²) < 4.78 is 12.7. The number of nitrogen functional groups attached to an aromatic ring is 1. The number of methoxy groups -OCH3 is 1. The van der Waals surface area contributed by atoms with Crippen molar-refractivity contribution in [2.45, 2.75) is 13.8 Å². The molecule has 2 aromatic carbocycles. The Bertz CT molecular complexity index is 979. The van der Waals surface area contributed by atoms with Crippen LogP contribution >= 0.6 is 0 Å². The van der Waals surface area contributed by atoms with Gasteiger partial charge < -0.3 is 25.1 Å². The first-order chi connectivity index (χ1) is 13.5. The van der Waals surface area contributed by atoms with Crippen molar-refractivity contribution in [1.29, 1.82) is 0 Å². The van der Waals surface area contributed by atoms with Crippen LogP contribution in [0.25, 0.3) is 11.1 Å². The molecule has 3 rings (SSSR count). The van der Waals surface area contributed by atoms with E-state index in [1.807, 2.05) is 50.2 Å². The second kappa shape index (κ2) is 9.50. The Kier molecular flexibility index (Phi) is 7.09.